The second-order valence-electron chi connectivity index (χ2n) is 4.39. The molecule has 19 heavy (non-hydrogen) atoms. The molecule has 1 aromatic carbocycles. The molecular weight excluding hydrogens is 303 g/mol. The summed E-state index contributed by atoms with van der Waals surface area (Å²) in [6.45, 7) is 6.26. The van der Waals surface area contributed by atoms with Crippen LogP contribution in [0, 0.1) is 0 Å². The van der Waals surface area contributed by atoms with E-state index in [1.165, 1.54) is 12.1 Å². The monoisotopic (exact) mass is 320 g/mol. The molecule has 106 valence electrons. The lowest BCUT2D eigenvalue weighted by molar-refractivity contribution is 0.0697. The summed E-state index contributed by atoms with van der Waals surface area (Å²) in [5.74, 6) is -0.760. The molecule has 0 amide bonds. The summed E-state index contributed by atoms with van der Waals surface area (Å²) in [5.41, 5.74) is 0.0206. The molecule has 1 N–H and O–H groups in total. The number of carbonyl (C=O) groups is 1. The number of rotatable bonds is 6. The van der Waals surface area contributed by atoms with Gasteiger partial charge in [-0.2, -0.15) is 0 Å². The average molecular weight is 321 g/mol. The van der Waals surface area contributed by atoms with Gasteiger partial charge in [-0.3, -0.25) is 0 Å². The molecule has 6 heteroatoms. The number of hydrogen-bond acceptors (Lipinski definition) is 2. The van der Waals surface area contributed by atoms with E-state index in [4.69, 9.17) is 32.7 Å². The maximum Gasteiger partial charge on any atom is 0.337 e. The van der Waals surface area contributed by atoms with Gasteiger partial charge in [0.15, 0.2) is 0 Å². The Morgan fingerprint density at radius 3 is 2.16 bits per heavy atom. The van der Waals surface area contributed by atoms with Crippen molar-refractivity contribution < 1.29 is 14.3 Å². The number of carboxylic acid groups (broad SMARTS) is 1. The number of hydrogen-bond donors (Lipinski definition) is 1. The molecule has 0 aliphatic carbocycles. The smallest absolute Gasteiger partial charge is 0.337 e. The van der Waals surface area contributed by atoms with Gasteiger partial charge < -0.3 is 9.53 Å². The van der Waals surface area contributed by atoms with E-state index in [2.05, 4.69) is 20.8 Å². The minimum absolute atomic E-state index is 0.0206. The molecule has 1 rings (SSSR count). The maximum atomic E-state index is 11.1. The van der Waals surface area contributed by atoms with Crippen molar-refractivity contribution in [2.45, 2.75) is 38.9 Å². The summed E-state index contributed by atoms with van der Waals surface area (Å²) < 4.78 is 6.11. The van der Waals surface area contributed by atoms with Crippen LogP contribution in [-0.4, -0.2) is 19.4 Å². The Kier molecular flexibility index (Phi) is 5.71. The van der Waals surface area contributed by atoms with Crippen molar-refractivity contribution in [2.75, 3.05) is 0 Å². The SMILES string of the molecule is CC[Si](CC)(CC)Oc1c(Cl)ccc(C(=O)O)c1Cl. The van der Waals surface area contributed by atoms with Crippen LogP contribution in [0.15, 0.2) is 12.1 Å². The Hall–Kier alpha value is -0.713. The predicted octanol–water partition coefficient (Wildman–Crippen LogP) is 5.08. The molecule has 1 aromatic rings. The molecule has 0 saturated carbocycles. The van der Waals surface area contributed by atoms with Crippen molar-refractivity contribution in [1.29, 1.82) is 0 Å². The van der Waals surface area contributed by atoms with E-state index in [0.717, 1.165) is 18.1 Å². The van der Waals surface area contributed by atoms with Crippen molar-refractivity contribution in [1.82, 2.24) is 0 Å². The van der Waals surface area contributed by atoms with Crippen LogP contribution in [0.3, 0.4) is 0 Å². The number of aromatic carboxylic acids is 1. The minimum Gasteiger partial charge on any atom is -0.541 e. The highest BCUT2D eigenvalue weighted by Crippen LogP contribution is 2.39. The third-order valence-electron chi connectivity index (χ3n) is 3.53. The van der Waals surface area contributed by atoms with Crippen LogP contribution < -0.4 is 4.43 Å². The molecule has 0 atom stereocenters. The number of carboxylic acids is 1. The largest absolute Gasteiger partial charge is 0.541 e. The quantitative estimate of drug-likeness (QED) is 0.744. The zero-order valence-electron chi connectivity index (χ0n) is 11.3. The van der Waals surface area contributed by atoms with Gasteiger partial charge in [0.2, 0.25) is 0 Å². The molecule has 0 spiro atoms. The van der Waals surface area contributed by atoms with Gasteiger partial charge >= 0.3 is 5.97 Å². The Labute approximate surface area is 124 Å². The molecule has 0 aromatic heterocycles. The molecular formula is C13H18Cl2O3Si. The van der Waals surface area contributed by atoms with E-state index < -0.39 is 14.3 Å². The van der Waals surface area contributed by atoms with E-state index in [1.54, 1.807) is 0 Å². The summed E-state index contributed by atoms with van der Waals surface area (Å²) in [6, 6.07) is 5.72. The fourth-order valence-corrected chi connectivity index (χ4v) is 5.21. The standard InChI is InChI=1S/C13H18Cl2O3Si/c1-4-19(5-2,6-3)18-12-10(14)8-7-9(11(12)15)13(16)17/h7-8H,4-6H2,1-3H3,(H,16,17). The second-order valence-corrected chi connectivity index (χ2v) is 9.87. The minimum atomic E-state index is -1.94. The highest BCUT2D eigenvalue weighted by Gasteiger charge is 2.33. The average Bonchev–Trinajstić information content (AvgIpc) is 2.39. The van der Waals surface area contributed by atoms with Gasteiger partial charge in [-0.25, -0.2) is 4.79 Å². The van der Waals surface area contributed by atoms with Gasteiger partial charge in [0.1, 0.15) is 5.75 Å². The molecule has 0 aliphatic rings. The topological polar surface area (TPSA) is 46.5 Å². The van der Waals surface area contributed by atoms with E-state index in [0.29, 0.717) is 10.8 Å². The fourth-order valence-electron chi connectivity index (χ4n) is 1.97. The first kappa shape index (κ1) is 16.3. The van der Waals surface area contributed by atoms with Crippen molar-refractivity contribution in [2.24, 2.45) is 0 Å². The third-order valence-corrected chi connectivity index (χ3v) is 8.71. The van der Waals surface area contributed by atoms with E-state index in [9.17, 15) is 4.79 Å². The van der Waals surface area contributed by atoms with E-state index in [-0.39, 0.29) is 10.6 Å². The molecule has 0 heterocycles. The van der Waals surface area contributed by atoms with Gasteiger partial charge in [0.05, 0.1) is 15.6 Å². The first-order valence-corrected chi connectivity index (χ1v) is 9.59. The molecule has 0 bridgehead atoms. The van der Waals surface area contributed by atoms with Crippen LogP contribution >= 0.6 is 23.2 Å². The maximum absolute atomic E-state index is 11.1. The lowest BCUT2D eigenvalue weighted by Gasteiger charge is -2.30. The molecule has 3 nitrogen and oxygen atoms in total. The van der Waals surface area contributed by atoms with Gasteiger partial charge in [-0.15, -0.1) is 0 Å². The van der Waals surface area contributed by atoms with Crippen molar-refractivity contribution >= 4 is 37.5 Å². The van der Waals surface area contributed by atoms with Crippen LogP contribution in [0.2, 0.25) is 28.2 Å². The lowest BCUT2D eigenvalue weighted by atomic mass is 10.2. The van der Waals surface area contributed by atoms with Crippen LogP contribution in [-0.2, 0) is 0 Å². The highest BCUT2D eigenvalue weighted by molar-refractivity contribution is 6.74. The summed E-state index contributed by atoms with van der Waals surface area (Å²) in [6.07, 6.45) is 0. The van der Waals surface area contributed by atoms with Crippen molar-refractivity contribution in [3.8, 4) is 5.75 Å². The lowest BCUT2D eigenvalue weighted by Crippen LogP contribution is -2.39. The zero-order valence-corrected chi connectivity index (χ0v) is 13.8. The summed E-state index contributed by atoms with van der Waals surface area (Å²) >= 11 is 12.2. The van der Waals surface area contributed by atoms with Gasteiger partial charge in [0, 0.05) is 0 Å². The van der Waals surface area contributed by atoms with Gasteiger partial charge in [-0.1, -0.05) is 44.0 Å². The van der Waals surface area contributed by atoms with Crippen LogP contribution in [0.4, 0.5) is 0 Å². The Bertz CT molecular complexity index is 465. The van der Waals surface area contributed by atoms with E-state index >= 15 is 0 Å². The number of halogens is 2. The number of benzene rings is 1. The zero-order chi connectivity index (χ0) is 14.6. The van der Waals surface area contributed by atoms with Crippen LogP contribution in [0.5, 0.6) is 5.75 Å². The van der Waals surface area contributed by atoms with Gasteiger partial charge in [-0.05, 0) is 30.3 Å². The Morgan fingerprint density at radius 2 is 1.74 bits per heavy atom. The molecule has 0 saturated heterocycles. The second kappa shape index (κ2) is 6.64. The Balaban J connectivity index is 3.27. The normalized spacial score (nSPS) is 11.4. The predicted molar refractivity (Wildman–Crippen MR) is 81.2 cm³/mol. The first-order chi connectivity index (χ1) is 8.90. The van der Waals surface area contributed by atoms with Gasteiger partial charge in [0.25, 0.3) is 8.32 Å². The van der Waals surface area contributed by atoms with Crippen LogP contribution in [0.1, 0.15) is 31.1 Å². The molecule has 0 unspecified atom stereocenters. The summed E-state index contributed by atoms with van der Waals surface area (Å²) in [7, 11) is -1.94. The molecule has 0 radical (unpaired) electrons. The third kappa shape index (κ3) is 3.44. The Morgan fingerprint density at radius 1 is 1.21 bits per heavy atom. The summed E-state index contributed by atoms with van der Waals surface area (Å²) in [4.78, 5) is 11.1. The molecule has 0 aliphatic heterocycles. The van der Waals surface area contributed by atoms with Crippen LogP contribution in [0.25, 0.3) is 0 Å². The summed E-state index contributed by atoms with van der Waals surface area (Å²) in [5, 5.41) is 9.53. The fraction of sp³-hybridized carbons (Fsp3) is 0.462. The van der Waals surface area contributed by atoms with E-state index in [1.807, 2.05) is 0 Å². The first-order valence-electron chi connectivity index (χ1n) is 6.31. The van der Waals surface area contributed by atoms with Crippen molar-refractivity contribution in [3.05, 3.63) is 27.7 Å². The highest BCUT2D eigenvalue weighted by atomic mass is 35.5. The molecule has 0 fully saturated rings. The van der Waals surface area contributed by atoms with Crippen molar-refractivity contribution in [3.63, 3.8) is 0 Å².